The van der Waals surface area contributed by atoms with Gasteiger partial charge in [-0.2, -0.15) is 0 Å². The Labute approximate surface area is 255 Å². The Balaban J connectivity index is 1.01. The molecule has 5 fully saturated rings. The topological polar surface area (TPSA) is 104 Å². The number of amides is 3. The molecule has 230 valence electrons. The molecule has 3 amide bonds. The highest BCUT2D eigenvalue weighted by Gasteiger charge is 2.58. The number of hydrogen-bond donors (Lipinski definition) is 2. The number of nitrogens with one attached hydrogen (secondary N) is 1. The molecular formula is C34H46N6O3. The molecule has 2 unspecified atom stereocenters. The van der Waals surface area contributed by atoms with E-state index in [0.29, 0.717) is 30.8 Å². The predicted molar refractivity (Wildman–Crippen MR) is 168 cm³/mol. The summed E-state index contributed by atoms with van der Waals surface area (Å²) in [4.78, 5) is 37.5. The number of likely N-dealkylation sites (tertiary alicyclic amines) is 1. The molecule has 3 heterocycles. The number of urea groups is 1. The van der Waals surface area contributed by atoms with Crippen molar-refractivity contribution in [2.75, 3.05) is 36.0 Å². The number of para-hydroxylation sites is 2. The van der Waals surface area contributed by atoms with Crippen LogP contribution in [0.15, 0.2) is 42.6 Å². The Morgan fingerprint density at radius 1 is 0.953 bits per heavy atom. The minimum Gasteiger partial charge on any atom is -0.489 e. The highest BCUT2D eigenvalue weighted by molar-refractivity contribution is 5.98. The van der Waals surface area contributed by atoms with E-state index in [4.69, 9.17) is 15.5 Å². The molecule has 4 aliphatic carbocycles. The number of pyridine rings is 1. The number of piperidine rings is 1. The molecule has 4 saturated carbocycles. The van der Waals surface area contributed by atoms with Crippen LogP contribution in [-0.2, 0) is 4.79 Å². The Kier molecular flexibility index (Phi) is 7.07. The van der Waals surface area contributed by atoms with E-state index in [1.165, 1.54) is 0 Å². The smallest absolute Gasteiger partial charge is 0.322 e. The number of benzene rings is 1. The molecule has 1 aromatic heterocycles. The van der Waals surface area contributed by atoms with Crippen LogP contribution in [0.4, 0.5) is 22.0 Å². The normalized spacial score (nSPS) is 30.7. The molecule has 3 N–H and O–H groups in total. The monoisotopic (exact) mass is 586 g/mol. The third-order valence-corrected chi connectivity index (χ3v) is 11.0. The van der Waals surface area contributed by atoms with Crippen LogP contribution in [0.25, 0.3) is 0 Å². The van der Waals surface area contributed by atoms with Crippen LogP contribution in [-0.4, -0.2) is 65.7 Å². The van der Waals surface area contributed by atoms with Crippen LogP contribution in [0.3, 0.4) is 0 Å². The van der Waals surface area contributed by atoms with E-state index < -0.39 is 0 Å². The van der Waals surface area contributed by atoms with Gasteiger partial charge in [0.05, 0.1) is 17.6 Å². The molecule has 43 heavy (non-hydrogen) atoms. The van der Waals surface area contributed by atoms with Gasteiger partial charge in [-0.25, -0.2) is 9.78 Å². The quantitative estimate of drug-likeness (QED) is 0.507. The summed E-state index contributed by atoms with van der Waals surface area (Å²) in [6, 6.07) is 12.2. The number of nitrogens with two attached hydrogens (primary N) is 1. The van der Waals surface area contributed by atoms with Crippen molar-refractivity contribution in [1.29, 1.82) is 0 Å². The first-order valence-corrected chi connectivity index (χ1v) is 16.2. The molecule has 2 aromatic rings. The van der Waals surface area contributed by atoms with Crippen molar-refractivity contribution in [3.05, 3.63) is 42.6 Å². The average molecular weight is 587 g/mol. The van der Waals surface area contributed by atoms with Crippen LogP contribution in [0.5, 0.6) is 5.75 Å². The fourth-order valence-electron chi connectivity index (χ4n) is 9.03. The molecule has 9 heteroatoms. The van der Waals surface area contributed by atoms with Crippen molar-refractivity contribution in [1.82, 2.24) is 15.2 Å². The zero-order valence-corrected chi connectivity index (χ0v) is 25.8. The second kappa shape index (κ2) is 10.7. The first kappa shape index (κ1) is 28.4. The van der Waals surface area contributed by atoms with Crippen molar-refractivity contribution < 1.29 is 14.3 Å². The van der Waals surface area contributed by atoms with Crippen molar-refractivity contribution in [3.8, 4) is 5.75 Å². The van der Waals surface area contributed by atoms with Gasteiger partial charge in [0.15, 0.2) is 0 Å². The molecule has 6 aliphatic rings. The summed E-state index contributed by atoms with van der Waals surface area (Å²) in [5, 5.41) is 3.42. The van der Waals surface area contributed by atoms with Crippen molar-refractivity contribution in [2.45, 2.75) is 83.4 Å². The average Bonchev–Trinajstić information content (AvgIpc) is 2.98. The summed E-state index contributed by atoms with van der Waals surface area (Å²) in [5.74, 6) is 2.73. The Hall–Kier alpha value is -3.33. The zero-order valence-electron chi connectivity index (χ0n) is 25.8. The number of carbonyl (C=O) groups is 2. The van der Waals surface area contributed by atoms with Crippen molar-refractivity contribution in [3.63, 3.8) is 0 Å². The largest absolute Gasteiger partial charge is 0.489 e. The highest BCUT2D eigenvalue weighted by Crippen LogP contribution is 2.60. The van der Waals surface area contributed by atoms with Gasteiger partial charge in [-0.05, 0) is 108 Å². The van der Waals surface area contributed by atoms with Crippen LogP contribution < -0.4 is 25.6 Å². The Bertz CT molecular complexity index is 1350. The van der Waals surface area contributed by atoms with E-state index in [1.807, 2.05) is 41.4 Å². The minimum absolute atomic E-state index is 0.0492. The molecule has 2 aliphatic heterocycles. The maximum Gasteiger partial charge on any atom is 0.322 e. The molecule has 4 bridgehead atoms. The van der Waals surface area contributed by atoms with Crippen LogP contribution in [0.1, 0.15) is 65.7 Å². The molecule has 1 saturated heterocycles. The van der Waals surface area contributed by atoms with Gasteiger partial charge < -0.3 is 20.7 Å². The maximum absolute atomic E-state index is 13.8. The number of aromatic nitrogens is 1. The van der Waals surface area contributed by atoms with Crippen molar-refractivity contribution >= 4 is 29.1 Å². The molecule has 1 aromatic carbocycles. The Morgan fingerprint density at radius 2 is 1.65 bits per heavy atom. The number of ether oxygens (including phenoxy) is 1. The number of fused-ring (bicyclic) bond motifs is 1. The van der Waals surface area contributed by atoms with Gasteiger partial charge >= 0.3 is 6.03 Å². The number of anilines is 3. The summed E-state index contributed by atoms with van der Waals surface area (Å²) < 4.78 is 6.31. The summed E-state index contributed by atoms with van der Waals surface area (Å²) in [6.07, 6.45) is 8.81. The van der Waals surface area contributed by atoms with Gasteiger partial charge in [0.2, 0.25) is 5.91 Å². The molecule has 2 atom stereocenters. The lowest BCUT2D eigenvalue weighted by atomic mass is 9.47. The van der Waals surface area contributed by atoms with Crippen molar-refractivity contribution in [2.24, 2.45) is 28.9 Å². The van der Waals surface area contributed by atoms with Crippen LogP contribution >= 0.6 is 0 Å². The highest BCUT2D eigenvalue weighted by atomic mass is 16.5. The third kappa shape index (κ3) is 5.23. The van der Waals surface area contributed by atoms with E-state index in [-0.39, 0.29) is 35.0 Å². The first-order chi connectivity index (χ1) is 20.6. The van der Waals surface area contributed by atoms with Gasteiger partial charge in [-0.1, -0.05) is 12.1 Å². The lowest BCUT2D eigenvalue weighted by molar-refractivity contribution is -0.145. The van der Waals surface area contributed by atoms with Crippen LogP contribution in [0.2, 0.25) is 0 Å². The maximum atomic E-state index is 13.8. The van der Waals surface area contributed by atoms with E-state index in [1.54, 1.807) is 0 Å². The summed E-state index contributed by atoms with van der Waals surface area (Å²) >= 11 is 0. The lowest BCUT2D eigenvalue weighted by Gasteiger charge is -2.59. The fraction of sp³-hybridized carbons (Fsp3) is 0.618. The van der Waals surface area contributed by atoms with Gasteiger partial charge in [-0.3, -0.25) is 14.6 Å². The molecular weight excluding hydrogens is 540 g/mol. The summed E-state index contributed by atoms with van der Waals surface area (Å²) in [7, 11) is 0. The standard InChI is InChI=1S/C34H46N6O3/c1-33(2,3)38-12-10-25(11-13-38)43-26-8-9-29(36-21-26)39-14-15-40(28-7-5-4-6-27(28)39)32(42)37-30-23-16-22-17-24(30)20-34(18-22,19-23)31(35)41/h4-9,21-25,30H,10-20H2,1-3H3,(H2,35,41)(H,37,42). The van der Waals surface area contributed by atoms with E-state index in [9.17, 15) is 9.59 Å². The summed E-state index contributed by atoms with van der Waals surface area (Å²) in [6.45, 7) is 10.1. The summed E-state index contributed by atoms with van der Waals surface area (Å²) in [5.41, 5.74) is 7.58. The van der Waals surface area contributed by atoms with Gasteiger partial charge in [0, 0.05) is 43.2 Å². The second-order valence-electron chi connectivity index (χ2n) is 14.7. The van der Waals surface area contributed by atoms with E-state index >= 15 is 0 Å². The van der Waals surface area contributed by atoms with Gasteiger partial charge in [0.25, 0.3) is 0 Å². The van der Waals surface area contributed by atoms with Gasteiger partial charge in [-0.15, -0.1) is 0 Å². The number of nitrogens with zero attached hydrogens (tertiary/aromatic N) is 4. The molecule has 8 rings (SSSR count). The first-order valence-electron chi connectivity index (χ1n) is 16.2. The predicted octanol–water partition coefficient (Wildman–Crippen LogP) is 5.07. The van der Waals surface area contributed by atoms with Crippen LogP contribution in [0, 0.1) is 23.2 Å². The fourth-order valence-corrected chi connectivity index (χ4v) is 9.03. The van der Waals surface area contributed by atoms with E-state index in [2.05, 4.69) is 42.0 Å². The molecule has 0 radical (unpaired) electrons. The molecule has 9 nitrogen and oxygen atoms in total. The SMILES string of the molecule is CC(C)(C)N1CCC(Oc2ccc(N3CCN(C(=O)NC4C5CC6CC4CC(C(N)=O)(C6)C5)c4ccccc43)nc2)CC1. The minimum atomic E-state index is -0.354. The number of rotatable bonds is 5. The lowest BCUT2D eigenvalue weighted by Crippen LogP contribution is -2.63. The third-order valence-electron chi connectivity index (χ3n) is 11.0. The zero-order chi connectivity index (χ0) is 29.9. The Morgan fingerprint density at radius 3 is 2.28 bits per heavy atom. The van der Waals surface area contributed by atoms with Gasteiger partial charge in [0.1, 0.15) is 17.7 Å². The number of primary amides is 1. The second-order valence-corrected chi connectivity index (χ2v) is 14.7. The van der Waals surface area contributed by atoms with E-state index in [0.717, 1.165) is 81.0 Å². The number of carbonyl (C=O) groups excluding carboxylic acids is 2. The number of hydrogen-bond acceptors (Lipinski definition) is 6. The molecule has 0 spiro atoms.